The molecule has 7 N–H and O–H groups in total. The van der Waals surface area contributed by atoms with Gasteiger partial charge in [0, 0.05) is 6.42 Å². The van der Waals surface area contributed by atoms with Crippen molar-refractivity contribution in [3.05, 3.63) is 40.8 Å². The van der Waals surface area contributed by atoms with Gasteiger partial charge in [-0.25, -0.2) is 18.9 Å². The van der Waals surface area contributed by atoms with Crippen LogP contribution in [0.5, 0.6) is 0 Å². The van der Waals surface area contributed by atoms with Gasteiger partial charge in [-0.3, -0.25) is 18.9 Å². The van der Waals surface area contributed by atoms with Gasteiger partial charge in [-0.1, -0.05) is 0 Å². The zero-order chi connectivity index (χ0) is 31.3. The quantitative estimate of drug-likeness (QED) is 0.0987. The number of nitrogens with two attached hydrogens (primary N) is 2. The number of rotatable bonds is 10. The van der Waals surface area contributed by atoms with Gasteiger partial charge in [0.1, 0.15) is 42.8 Å². The van der Waals surface area contributed by atoms with E-state index in [1.54, 1.807) is 6.07 Å². The van der Waals surface area contributed by atoms with Gasteiger partial charge in [0.2, 0.25) is 5.95 Å². The summed E-state index contributed by atoms with van der Waals surface area (Å²) in [4.78, 5) is 37.8. The number of aliphatic hydroxyl groups excluding tert-OH is 1. The summed E-state index contributed by atoms with van der Waals surface area (Å²) in [6, 6.07) is 1.59. The number of imidazole rings is 2. The van der Waals surface area contributed by atoms with Crippen molar-refractivity contribution in [2.75, 3.05) is 24.7 Å². The average Bonchev–Trinajstić information content (AvgIpc) is 3.73. The SMILES string of the molecule is Nc1nc2c(ncn2[C@@H]2O[C@H](CO)[C@@H](F)[C@H]2OP(O)(=S)OC[C@H]2O[C@@H](c3cnc4c(N)ccnn34)C[C@@H]2O[P+](=O)S)c(=O)[nH]1. The third kappa shape index (κ3) is 5.97. The normalized spacial score (nSPS) is 29.0. The molecule has 4 aromatic rings. The Morgan fingerprint density at radius 1 is 1.30 bits per heavy atom. The molecule has 0 spiro atoms. The van der Waals surface area contributed by atoms with Gasteiger partial charge in [-0.15, -0.1) is 4.52 Å². The van der Waals surface area contributed by atoms with Crippen molar-refractivity contribution in [3.8, 4) is 0 Å². The number of nitrogens with one attached hydrogen (secondary N) is 1. The fourth-order valence-electron chi connectivity index (χ4n) is 5.09. The van der Waals surface area contributed by atoms with Crippen LogP contribution in [0.1, 0.15) is 24.4 Å². The molecule has 4 aromatic heterocycles. The van der Waals surface area contributed by atoms with Crippen LogP contribution < -0.4 is 17.0 Å². The maximum atomic E-state index is 15.4. The first kappa shape index (κ1) is 31.3. The second-order valence-electron chi connectivity index (χ2n) is 9.79. The Bertz CT molecular complexity index is 1830. The van der Waals surface area contributed by atoms with E-state index < -0.39 is 75.6 Å². The number of halogens is 1. The van der Waals surface area contributed by atoms with Crippen LogP contribution in [-0.4, -0.2) is 87.9 Å². The number of hydrogen-bond acceptors (Lipinski definition) is 15. The van der Waals surface area contributed by atoms with Crippen LogP contribution in [0.2, 0.25) is 0 Å². The van der Waals surface area contributed by atoms with Crippen molar-refractivity contribution in [2.24, 2.45) is 0 Å². The number of nitrogen functional groups attached to an aromatic ring is 2. The number of thiol groups is 1. The molecule has 2 unspecified atom stereocenters. The van der Waals surface area contributed by atoms with Crippen LogP contribution in [0, 0.1) is 0 Å². The Labute approximate surface area is 257 Å². The summed E-state index contributed by atoms with van der Waals surface area (Å²) in [5.41, 5.74) is 12.1. The summed E-state index contributed by atoms with van der Waals surface area (Å²) in [5.74, 6) is -0.233. The number of nitrogens with zero attached hydrogens (tertiary/aromatic N) is 6. The predicted molar refractivity (Wildman–Crippen MR) is 157 cm³/mol. The van der Waals surface area contributed by atoms with Crippen molar-refractivity contribution in [1.82, 2.24) is 34.1 Å². The monoisotopic (exact) mass is 692 g/mol. The molecule has 6 heterocycles. The summed E-state index contributed by atoms with van der Waals surface area (Å²) in [5, 5.41) is 13.9. The predicted octanol–water partition coefficient (Wildman–Crippen LogP) is 0.676. The highest BCUT2D eigenvalue weighted by Gasteiger charge is 2.50. The molecule has 0 saturated carbocycles. The van der Waals surface area contributed by atoms with E-state index in [1.807, 2.05) is 0 Å². The lowest BCUT2D eigenvalue weighted by molar-refractivity contribution is -0.0502. The molecule has 0 amide bonds. The lowest BCUT2D eigenvalue weighted by Gasteiger charge is -2.26. The third-order valence-electron chi connectivity index (χ3n) is 7.04. The second-order valence-corrected chi connectivity index (χ2v) is 14.2. The molecule has 0 radical (unpaired) electrons. The molecule has 0 aromatic carbocycles. The number of hydrogen-bond donors (Lipinski definition) is 6. The minimum absolute atomic E-state index is 0.0577. The lowest BCUT2D eigenvalue weighted by Crippen LogP contribution is -2.32. The first-order chi connectivity index (χ1) is 21.0. The van der Waals surface area contributed by atoms with E-state index in [-0.39, 0.29) is 23.5 Å². The van der Waals surface area contributed by atoms with Gasteiger partial charge in [-0.2, -0.15) is 10.1 Å². The highest BCUT2D eigenvalue weighted by Crippen LogP contribution is 2.51. The van der Waals surface area contributed by atoms with Crippen LogP contribution in [-0.2, 0) is 39.4 Å². The molecule has 0 aliphatic carbocycles. The van der Waals surface area contributed by atoms with Crippen LogP contribution in [0.25, 0.3) is 16.8 Å². The van der Waals surface area contributed by atoms with E-state index in [9.17, 15) is 19.4 Å². The molecule has 44 heavy (non-hydrogen) atoms. The molecular formula is C21H25FN9O9P2S2+. The van der Waals surface area contributed by atoms with Crippen molar-refractivity contribution < 1.29 is 42.0 Å². The Morgan fingerprint density at radius 3 is 2.84 bits per heavy atom. The fraction of sp³-hybridized carbons (Fsp3) is 0.476. The number of H-pyrrole nitrogens is 1. The molecule has 2 aliphatic heterocycles. The minimum Gasteiger partial charge on any atom is -0.396 e. The first-order valence-corrected chi connectivity index (χ1v) is 17.7. The Hall–Kier alpha value is -2.68. The van der Waals surface area contributed by atoms with Crippen LogP contribution in [0.4, 0.5) is 16.0 Å². The highest BCUT2D eigenvalue weighted by atomic mass is 32.7. The number of alkyl halides is 1. The van der Waals surface area contributed by atoms with Gasteiger partial charge in [-0.05, 0) is 22.4 Å². The van der Waals surface area contributed by atoms with Gasteiger partial charge in [0.25, 0.3) is 5.56 Å². The molecule has 2 fully saturated rings. The maximum absolute atomic E-state index is 15.4. The van der Waals surface area contributed by atoms with Crippen molar-refractivity contribution >= 4 is 66.5 Å². The number of aliphatic hydroxyl groups is 1. The lowest BCUT2D eigenvalue weighted by atomic mass is 10.1. The standard InChI is InChI=1S/C21H24FN9O9P2S2/c22-14-12(5-32)38-20(30-7-26-15-18(30)28-21(24)29-19(15)33)16(14)40-42(35,44)36-6-13-11(39-41(34)43)3-10(37-13)9-4-25-17-8(23)1-2-27-31(9)17/h1-2,4,7,10-14,16,20,32H,3,5-6H2,(H6-,23,24,27,28,29,33,34,35,43,44)/p+1/t10-,11+,12-,13-,14-,16-,20-,42?/m1/s1. The fourth-order valence-corrected chi connectivity index (χ4v) is 7.31. The molecule has 2 saturated heterocycles. The van der Waals surface area contributed by atoms with E-state index in [0.29, 0.717) is 17.0 Å². The van der Waals surface area contributed by atoms with Crippen LogP contribution in [0.3, 0.4) is 0 Å². The van der Waals surface area contributed by atoms with E-state index in [4.69, 9.17) is 46.3 Å². The maximum Gasteiger partial charge on any atom is 0.582 e. The molecule has 236 valence electrons. The topological polar surface area (TPSA) is 249 Å². The summed E-state index contributed by atoms with van der Waals surface area (Å²) < 4.78 is 58.2. The summed E-state index contributed by atoms with van der Waals surface area (Å²) in [6.07, 6.45) is -4.46. The van der Waals surface area contributed by atoms with E-state index in [0.717, 1.165) is 6.33 Å². The average molecular weight is 693 g/mol. The molecule has 2 aliphatic rings. The number of anilines is 2. The number of fused-ring (bicyclic) bond motifs is 2. The van der Waals surface area contributed by atoms with Gasteiger partial charge < -0.3 is 35.5 Å². The van der Waals surface area contributed by atoms with E-state index >= 15 is 4.39 Å². The summed E-state index contributed by atoms with van der Waals surface area (Å²) in [7, 11) is -2.36. The molecular weight excluding hydrogens is 667 g/mol. The zero-order valence-corrected chi connectivity index (χ0v) is 25.7. The van der Waals surface area contributed by atoms with E-state index in [1.165, 1.54) is 21.5 Å². The Balaban J connectivity index is 1.20. The number of ether oxygens (including phenoxy) is 2. The molecule has 6 rings (SSSR count). The molecule has 23 heteroatoms. The molecule has 0 bridgehead atoms. The number of aromatic nitrogens is 7. The largest absolute Gasteiger partial charge is 0.582 e. The Morgan fingerprint density at radius 2 is 2.09 bits per heavy atom. The molecule has 9 atom stereocenters. The van der Waals surface area contributed by atoms with Gasteiger partial charge in [0.05, 0.1) is 43.3 Å². The van der Waals surface area contributed by atoms with E-state index in [2.05, 4.69) is 37.3 Å². The Kier molecular flexibility index (Phi) is 8.72. The van der Waals surface area contributed by atoms with Crippen molar-refractivity contribution in [1.29, 1.82) is 0 Å². The molecule has 18 nitrogen and oxygen atoms in total. The zero-order valence-electron chi connectivity index (χ0n) is 22.2. The smallest absolute Gasteiger partial charge is 0.396 e. The highest BCUT2D eigenvalue weighted by molar-refractivity contribution is 8.39. The third-order valence-corrected chi connectivity index (χ3v) is 9.33. The minimum atomic E-state index is -4.26. The van der Waals surface area contributed by atoms with Crippen LogP contribution >= 0.6 is 26.2 Å². The number of aromatic amines is 1. The summed E-state index contributed by atoms with van der Waals surface area (Å²) >= 11 is 9.03. The van der Waals surface area contributed by atoms with Gasteiger partial charge >= 0.3 is 13.9 Å². The first-order valence-electron chi connectivity index (χ1n) is 12.8. The van der Waals surface area contributed by atoms with Crippen LogP contribution in [0.15, 0.2) is 29.6 Å². The van der Waals surface area contributed by atoms with Gasteiger partial charge in [0.15, 0.2) is 29.2 Å². The van der Waals surface area contributed by atoms with Crippen molar-refractivity contribution in [3.63, 3.8) is 0 Å². The van der Waals surface area contributed by atoms with Crippen molar-refractivity contribution in [2.45, 2.75) is 49.3 Å². The second kappa shape index (κ2) is 12.3. The summed E-state index contributed by atoms with van der Waals surface area (Å²) in [6.45, 7) is -5.42.